The monoisotopic (exact) mass is 240 g/mol. The lowest BCUT2D eigenvalue weighted by Gasteiger charge is -2.29. The standard InChI is InChI=1S/C13H24N2O2/c1-9-7-14-6-5-11(9)8-15-13(16)12-4-3-10(2)17-12/h9-12,14H,3-8H2,1-2H3,(H,15,16). The SMILES string of the molecule is CC1CCC(C(=O)NCC2CCNCC2C)O1. The molecule has 4 atom stereocenters. The predicted molar refractivity (Wildman–Crippen MR) is 66.7 cm³/mol. The maximum Gasteiger partial charge on any atom is 0.249 e. The third-order valence-electron chi connectivity index (χ3n) is 4.03. The Bertz CT molecular complexity index is 270. The van der Waals surface area contributed by atoms with Crippen molar-refractivity contribution >= 4 is 5.91 Å². The predicted octanol–water partition coefficient (Wildman–Crippen LogP) is 0.916. The van der Waals surface area contributed by atoms with Crippen LogP contribution in [0.15, 0.2) is 0 Å². The van der Waals surface area contributed by atoms with Gasteiger partial charge in [-0.05, 0) is 51.1 Å². The topological polar surface area (TPSA) is 50.4 Å². The number of amides is 1. The van der Waals surface area contributed by atoms with E-state index in [1.54, 1.807) is 0 Å². The van der Waals surface area contributed by atoms with E-state index in [2.05, 4.69) is 17.6 Å². The van der Waals surface area contributed by atoms with Gasteiger partial charge in [-0.15, -0.1) is 0 Å². The van der Waals surface area contributed by atoms with Gasteiger partial charge in [0.15, 0.2) is 0 Å². The summed E-state index contributed by atoms with van der Waals surface area (Å²) in [5, 5.41) is 6.43. The number of nitrogens with one attached hydrogen (secondary N) is 2. The molecule has 0 aromatic carbocycles. The van der Waals surface area contributed by atoms with Gasteiger partial charge in [-0.3, -0.25) is 4.79 Å². The van der Waals surface area contributed by atoms with E-state index in [9.17, 15) is 4.79 Å². The second kappa shape index (κ2) is 5.83. The van der Waals surface area contributed by atoms with Crippen LogP contribution in [-0.2, 0) is 9.53 Å². The number of carbonyl (C=O) groups excluding carboxylic acids is 1. The fourth-order valence-corrected chi connectivity index (χ4v) is 2.71. The molecule has 0 saturated carbocycles. The van der Waals surface area contributed by atoms with Crippen LogP contribution in [-0.4, -0.2) is 37.7 Å². The summed E-state index contributed by atoms with van der Waals surface area (Å²) in [6.45, 7) is 7.22. The van der Waals surface area contributed by atoms with E-state index in [0.29, 0.717) is 11.8 Å². The first-order chi connectivity index (χ1) is 8.16. The molecule has 0 aliphatic carbocycles. The molecule has 0 spiro atoms. The molecule has 4 unspecified atom stereocenters. The van der Waals surface area contributed by atoms with Gasteiger partial charge < -0.3 is 15.4 Å². The van der Waals surface area contributed by atoms with Gasteiger partial charge in [0.2, 0.25) is 5.91 Å². The van der Waals surface area contributed by atoms with Crippen LogP contribution in [0.25, 0.3) is 0 Å². The minimum Gasteiger partial charge on any atom is -0.365 e. The summed E-state index contributed by atoms with van der Waals surface area (Å²) < 4.78 is 5.57. The maximum atomic E-state index is 11.9. The molecule has 1 amide bonds. The van der Waals surface area contributed by atoms with Crippen LogP contribution in [0.2, 0.25) is 0 Å². The summed E-state index contributed by atoms with van der Waals surface area (Å²) >= 11 is 0. The van der Waals surface area contributed by atoms with Crippen LogP contribution in [0, 0.1) is 11.8 Å². The molecule has 4 nitrogen and oxygen atoms in total. The quantitative estimate of drug-likeness (QED) is 0.771. The van der Waals surface area contributed by atoms with Crippen molar-refractivity contribution in [1.29, 1.82) is 0 Å². The van der Waals surface area contributed by atoms with Crippen molar-refractivity contribution in [2.24, 2.45) is 11.8 Å². The Morgan fingerprint density at radius 2 is 2.18 bits per heavy atom. The van der Waals surface area contributed by atoms with Crippen LogP contribution >= 0.6 is 0 Å². The highest BCUT2D eigenvalue weighted by Crippen LogP contribution is 2.20. The molecule has 2 aliphatic heterocycles. The van der Waals surface area contributed by atoms with Crippen molar-refractivity contribution in [3.8, 4) is 0 Å². The smallest absolute Gasteiger partial charge is 0.249 e. The fourth-order valence-electron chi connectivity index (χ4n) is 2.71. The lowest BCUT2D eigenvalue weighted by molar-refractivity contribution is -0.132. The number of hydrogen-bond donors (Lipinski definition) is 2. The molecule has 2 aliphatic rings. The number of ether oxygens (including phenoxy) is 1. The van der Waals surface area contributed by atoms with Crippen LogP contribution < -0.4 is 10.6 Å². The zero-order valence-electron chi connectivity index (χ0n) is 10.9. The first-order valence-electron chi connectivity index (χ1n) is 6.80. The van der Waals surface area contributed by atoms with Crippen LogP contribution in [0.4, 0.5) is 0 Å². The molecular formula is C13H24N2O2. The Labute approximate surface area is 103 Å². The molecule has 0 aromatic heterocycles. The summed E-state index contributed by atoms with van der Waals surface area (Å²) in [4.78, 5) is 11.9. The first kappa shape index (κ1) is 12.8. The van der Waals surface area contributed by atoms with Crippen molar-refractivity contribution in [1.82, 2.24) is 10.6 Å². The van der Waals surface area contributed by atoms with Crippen molar-refractivity contribution in [2.75, 3.05) is 19.6 Å². The molecule has 2 N–H and O–H groups in total. The average molecular weight is 240 g/mol. The van der Waals surface area contributed by atoms with Gasteiger partial charge in [-0.25, -0.2) is 0 Å². The molecule has 2 heterocycles. The Kier molecular flexibility index (Phi) is 4.40. The van der Waals surface area contributed by atoms with Crippen molar-refractivity contribution < 1.29 is 9.53 Å². The van der Waals surface area contributed by atoms with Gasteiger partial charge in [0.1, 0.15) is 6.10 Å². The minimum absolute atomic E-state index is 0.0834. The second-order valence-electron chi connectivity index (χ2n) is 5.49. The Balaban J connectivity index is 1.72. The highest BCUT2D eigenvalue weighted by atomic mass is 16.5. The van der Waals surface area contributed by atoms with E-state index in [1.165, 1.54) is 0 Å². The summed E-state index contributed by atoms with van der Waals surface area (Å²) in [6, 6.07) is 0. The van der Waals surface area contributed by atoms with Gasteiger partial charge in [0.05, 0.1) is 6.10 Å². The third kappa shape index (κ3) is 3.42. The molecule has 2 fully saturated rings. The van der Waals surface area contributed by atoms with Crippen LogP contribution in [0.5, 0.6) is 0 Å². The van der Waals surface area contributed by atoms with Crippen LogP contribution in [0.1, 0.15) is 33.1 Å². The van der Waals surface area contributed by atoms with Crippen molar-refractivity contribution in [3.05, 3.63) is 0 Å². The molecule has 0 radical (unpaired) electrons. The second-order valence-corrected chi connectivity index (χ2v) is 5.49. The average Bonchev–Trinajstić information content (AvgIpc) is 2.74. The van der Waals surface area contributed by atoms with Crippen LogP contribution in [0.3, 0.4) is 0 Å². The molecule has 4 heteroatoms. The summed E-state index contributed by atoms with van der Waals surface area (Å²) in [6.07, 6.45) is 3.06. The van der Waals surface area contributed by atoms with Gasteiger partial charge in [-0.1, -0.05) is 6.92 Å². The molecule has 0 bridgehead atoms. The molecule has 2 rings (SSSR count). The van der Waals surface area contributed by atoms with E-state index >= 15 is 0 Å². The normalized spacial score (nSPS) is 38.0. The van der Waals surface area contributed by atoms with Gasteiger partial charge >= 0.3 is 0 Å². The lowest BCUT2D eigenvalue weighted by Crippen LogP contribution is -2.43. The summed E-state index contributed by atoms with van der Waals surface area (Å²) in [5.41, 5.74) is 0. The zero-order chi connectivity index (χ0) is 12.3. The summed E-state index contributed by atoms with van der Waals surface area (Å²) in [7, 11) is 0. The van der Waals surface area contributed by atoms with Gasteiger partial charge in [0.25, 0.3) is 0 Å². The Hall–Kier alpha value is -0.610. The zero-order valence-corrected chi connectivity index (χ0v) is 10.9. The number of carbonyl (C=O) groups is 1. The fraction of sp³-hybridized carbons (Fsp3) is 0.923. The minimum atomic E-state index is -0.206. The van der Waals surface area contributed by atoms with Gasteiger partial charge in [-0.2, -0.15) is 0 Å². The molecular weight excluding hydrogens is 216 g/mol. The number of rotatable bonds is 3. The van der Waals surface area contributed by atoms with E-state index < -0.39 is 0 Å². The highest BCUT2D eigenvalue weighted by molar-refractivity contribution is 5.81. The third-order valence-corrected chi connectivity index (χ3v) is 4.03. The molecule has 17 heavy (non-hydrogen) atoms. The molecule has 0 aromatic rings. The van der Waals surface area contributed by atoms with E-state index in [1.807, 2.05) is 6.92 Å². The number of hydrogen-bond acceptors (Lipinski definition) is 3. The van der Waals surface area contributed by atoms with Crippen molar-refractivity contribution in [2.45, 2.75) is 45.3 Å². The first-order valence-corrected chi connectivity index (χ1v) is 6.80. The maximum absolute atomic E-state index is 11.9. The van der Waals surface area contributed by atoms with E-state index in [-0.39, 0.29) is 18.1 Å². The molecule has 2 saturated heterocycles. The largest absolute Gasteiger partial charge is 0.365 e. The molecule has 98 valence electrons. The summed E-state index contributed by atoms with van der Waals surface area (Å²) in [5.74, 6) is 1.34. The van der Waals surface area contributed by atoms with E-state index in [0.717, 1.165) is 38.9 Å². The van der Waals surface area contributed by atoms with Crippen molar-refractivity contribution in [3.63, 3.8) is 0 Å². The van der Waals surface area contributed by atoms with Gasteiger partial charge in [0, 0.05) is 6.54 Å². The Morgan fingerprint density at radius 1 is 1.35 bits per heavy atom. The lowest BCUT2D eigenvalue weighted by atomic mass is 9.88. The number of piperidine rings is 1. The highest BCUT2D eigenvalue weighted by Gasteiger charge is 2.29. The Morgan fingerprint density at radius 3 is 2.82 bits per heavy atom. The van der Waals surface area contributed by atoms with E-state index in [4.69, 9.17) is 4.74 Å².